The predicted molar refractivity (Wildman–Crippen MR) is 69.8 cm³/mol. The van der Waals surface area contributed by atoms with Crippen molar-refractivity contribution >= 4 is 0 Å². The first-order valence-electron chi connectivity index (χ1n) is 7.70. The van der Waals surface area contributed by atoms with Gasteiger partial charge < -0.3 is 10.4 Å². The van der Waals surface area contributed by atoms with Gasteiger partial charge in [-0.3, -0.25) is 0 Å². The number of nitrogens with one attached hydrogen (secondary N) is 1. The Morgan fingerprint density at radius 1 is 0.941 bits per heavy atom. The van der Waals surface area contributed by atoms with Crippen molar-refractivity contribution in [1.82, 2.24) is 5.32 Å². The lowest BCUT2D eigenvalue weighted by atomic mass is 9.86. The van der Waals surface area contributed by atoms with Gasteiger partial charge in [0.05, 0.1) is 6.10 Å². The van der Waals surface area contributed by atoms with Gasteiger partial charge in [-0.2, -0.15) is 0 Å². The lowest BCUT2D eigenvalue weighted by Crippen LogP contribution is -2.33. The van der Waals surface area contributed by atoms with Gasteiger partial charge in [-0.15, -0.1) is 0 Å². The van der Waals surface area contributed by atoms with Crippen molar-refractivity contribution in [2.75, 3.05) is 13.1 Å². The summed E-state index contributed by atoms with van der Waals surface area (Å²) in [6, 6.07) is 0. The average Bonchev–Trinajstić information content (AvgIpc) is 2.91. The summed E-state index contributed by atoms with van der Waals surface area (Å²) in [7, 11) is 0. The lowest BCUT2D eigenvalue weighted by Gasteiger charge is -2.27. The Morgan fingerprint density at radius 3 is 2.59 bits per heavy atom. The number of fused-ring (bicyclic) bond motifs is 2. The average molecular weight is 237 g/mol. The molecule has 3 saturated carbocycles. The first kappa shape index (κ1) is 12.0. The molecule has 3 aliphatic carbocycles. The summed E-state index contributed by atoms with van der Waals surface area (Å²) in [5.41, 5.74) is 0. The molecule has 5 unspecified atom stereocenters. The standard InChI is InChI=1S/C15H27NO/c17-15-3-1-2-12(8-15)9-16-10-14-7-11-4-5-13(14)6-11/h11-17H,1-10H2. The van der Waals surface area contributed by atoms with E-state index in [1.54, 1.807) is 0 Å². The molecular weight excluding hydrogens is 210 g/mol. The fraction of sp³-hybridized carbons (Fsp3) is 1.00. The van der Waals surface area contributed by atoms with E-state index in [4.69, 9.17) is 0 Å². The molecule has 2 heteroatoms. The van der Waals surface area contributed by atoms with E-state index in [9.17, 15) is 5.11 Å². The topological polar surface area (TPSA) is 32.3 Å². The molecule has 17 heavy (non-hydrogen) atoms. The van der Waals surface area contributed by atoms with Crippen molar-refractivity contribution in [3.05, 3.63) is 0 Å². The Bertz CT molecular complexity index is 255. The maximum atomic E-state index is 9.65. The van der Waals surface area contributed by atoms with Gasteiger partial charge in [0.15, 0.2) is 0 Å². The molecule has 0 aromatic carbocycles. The molecule has 0 saturated heterocycles. The summed E-state index contributed by atoms with van der Waals surface area (Å²) in [6.45, 7) is 2.39. The molecular formula is C15H27NO. The largest absolute Gasteiger partial charge is 0.393 e. The molecule has 5 atom stereocenters. The van der Waals surface area contributed by atoms with Crippen molar-refractivity contribution in [3.63, 3.8) is 0 Å². The van der Waals surface area contributed by atoms with Crippen molar-refractivity contribution in [2.24, 2.45) is 23.7 Å². The van der Waals surface area contributed by atoms with Crippen molar-refractivity contribution < 1.29 is 5.11 Å². The molecule has 2 nitrogen and oxygen atoms in total. The van der Waals surface area contributed by atoms with Gasteiger partial charge in [-0.25, -0.2) is 0 Å². The van der Waals surface area contributed by atoms with Gasteiger partial charge in [0, 0.05) is 0 Å². The van der Waals surface area contributed by atoms with Crippen molar-refractivity contribution in [1.29, 1.82) is 0 Å². The molecule has 0 aromatic heterocycles. The van der Waals surface area contributed by atoms with Crippen LogP contribution in [0.2, 0.25) is 0 Å². The van der Waals surface area contributed by atoms with Crippen molar-refractivity contribution in [3.8, 4) is 0 Å². The fourth-order valence-electron chi connectivity index (χ4n) is 4.55. The molecule has 2 bridgehead atoms. The minimum Gasteiger partial charge on any atom is -0.393 e. The molecule has 0 spiro atoms. The highest BCUT2D eigenvalue weighted by atomic mass is 16.3. The van der Waals surface area contributed by atoms with E-state index < -0.39 is 0 Å². The summed E-state index contributed by atoms with van der Waals surface area (Å²) in [6.07, 6.45) is 10.6. The summed E-state index contributed by atoms with van der Waals surface area (Å²) >= 11 is 0. The van der Waals surface area contributed by atoms with Gasteiger partial charge in [-0.1, -0.05) is 12.8 Å². The van der Waals surface area contributed by atoms with Crippen LogP contribution in [0.4, 0.5) is 0 Å². The number of hydrogen-bond acceptors (Lipinski definition) is 2. The zero-order valence-corrected chi connectivity index (χ0v) is 10.9. The fourth-order valence-corrected chi connectivity index (χ4v) is 4.55. The van der Waals surface area contributed by atoms with Gasteiger partial charge >= 0.3 is 0 Å². The van der Waals surface area contributed by atoms with Gasteiger partial charge in [-0.05, 0) is 75.3 Å². The van der Waals surface area contributed by atoms with Gasteiger partial charge in [0.25, 0.3) is 0 Å². The minimum atomic E-state index is -0.0157. The third-order valence-electron chi connectivity index (χ3n) is 5.48. The van der Waals surface area contributed by atoms with Crippen LogP contribution in [-0.4, -0.2) is 24.3 Å². The van der Waals surface area contributed by atoms with Crippen LogP contribution in [-0.2, 0) is 0 Å². The van der Waals surface area contributed by atoms with E-state index in [0.29, 0.717) is 0 Å². The third-order valence-corrected chi connectivity index (χ3v) is 5.48. The highest BCUT2D eigenvalue weighted by molar-refractivity contribution is 4.90. The van der Waals surface area contributed by atoms with E-state index in [1.807, 2.05) is 0 Å². The second kappa shape index (κ2) is 5.27. The van der Waals surface area contributed by atoms with E-state index in [0.717, 1.165) is 43.1 Å². The van der Waals surface area contributed by atoms with Crippen LogP contribution in [0.15, 0.2) is 0 Å². The maximum absolute atomic E-state index is 9.65. The van der Waals surface area contributed by atoms with Gasteiger partial charge in [0.1, 0.15) is 0 Å². The van der Waals surface area contributed by atoms with Gasteiger partial charge in [0.2, 0.25) is 0 Å². The van der Waals surface area contributed by atoms with Crippen LogP contribution < -0.4 is 5.32 Å². The predicted octanol–water partition coefficient (Wildman–Crippen LogP) is 2.56. The Kier molecular flexibility index (Phi) is 3.72. The first-order valence-corrected chi connectivity index (χ1v) is 7.70. The van der Waals surface area contributed by atoms with E-state index in [2.05, 4.69) is 5.32 Å². The second-order valence-corrected chi connectivity index (χ2v) is 6.78. The highest BCUT2D eigenvalue weighted by Crippen LogP contribution is 2.47. The quantitative estimate of drug-likeness (QED) is 0.787. The monoisotopic (exact) mass is 237 g/mol. The molecule has 0 heterocycles. The Hall–Kier alpha value is -0.0800. The molecule has 3 fully saturated rings. The Morgan fingerprint density at radius 2 is 1.88 bits per heavy atom. The zero-order chi connectivity index (χ0) is 11.7. The molecule has 0 aromatic rings. The van der Waals surface area contributed by atoms with Crippen LogP contribution in [0.5, 0.6) is 0 Å². The molecule has 0 aliphatic heterocycles. The van der Waals surface area contributed by atoms with E-state index in [-0.39, 0.29) is 6.10 Å². The summed E-state index contributed by atoms with van der Waals surface area (Å²) < 4.78 is 0. The molecule has 2 N–H and O–H groups in total. The SMILES string of the molecule is OC1CCCC(CNCC2CC3CCC2C3)C1. The normalized spacial score (nSPS) is 45.4. The molecule has 0 radical (unpaired) electrons. The minimum absolute atomic E-state index is 0.0157. The molecule has 98 valence electrons. The second-order valence-electron chi connectivity index (χ2n) is 6.78. The maximum Gasteiger partial charge on any atom is 0.0543 e. The third kappa shape index (κ3) is 2.85. The van der Waals surface area contributed by atoms with E-state index in [1.165, 1.54) is 45.1 Å². The van der Waals surface area contributed by atoms with Crippen LogP contribution in [0.1, 0.15) is 51.4 Å². The van der Waals surface area contributed by atoms with Crippen LogP contribution in [0.25, 0.3) is 0 Å². The zero-order valence-electron chi connectivity index (χ0n) is 10.9. The van der Waals surface area contributed by atoms with Crippen LogP contribution in [0.3, 0.4) is 0 Å². The Balaban J connectivity index is 1.35. The smallest absolute Gasteiger partial charge is 0.0543 e. The van der Waals surface area contributed by atoms with E-state index >= 15 is 0 Å². The summed E-state index contributed by atoms with van der Waals surface area (Å²) in [5.74, 6) is 3.83. The summed E-state index contributed by atoms with van der Waals surface area (Å²) in [5, 5.41) is 13.3. The van der Waals surface area contributed by atoms with Crippen molar-refractivity contribution in [2.45, 2.75) is 57.5 Å². The summed E-state index contributed by atoms with van der Waals surface area (Å²) in [4.78, 5) is 0. The molecule has 3 aliphatic rings. The number of rotatable bonds is 4. The number of hydrogen-bond donors (Lipinski definition) is 2. The number of aliphatic hydroxyl groups excluding tert-OH is 1. The first-order chi connectivity index (χ1) is 8.31. The Labute approximate surface area is 105 Å². The van der Waals surface area contributed by atoms with Crippen LogP contribution in [0, 0.1) is 23.7 Å². The number of aliphatic hydroxyl groups is 1. The highest BCUT2D eigenvalue weighted by Gasteiger charge is 2.38. The lowest BCUT2D eigenvalue weighted by molar-refractivity contribution is 0.0999. The van der Waals surface area contributed by atoms with Crippen LogP contribution >= 0.6 is 0 Å². The molecule has 3 rings (SSSR count). The molecule has 0 amide bonds.